The Morgan fingerprint density at radius 3 is 2.26 bits per heavy atom. The smallest absolute Gasteiger partial charge is 0.298 e. The Kier molecular flexibility index (Phi) is 7.40. The normalized spacial score (nSPS) is 15.1. The molecule has 3 aromatic rings. The van der Waals surface area contributed by atoms with Crippen LogP contribution in [0.15, 0.2) is 76.1 Å². The van der Waals surface area contributed by atoms with Crippen molar-refractivity contribution in [3.05, 3.63) is 94.4 Å². The third-order valence-corrected chi connectivity index (χ3v) is 7.42. The van der Waals surface area contributed by atoms with Gasteiger partial charge in [0.25, 0.3) is 11.1 Å². The maximum absolute atomic E-state index is 12.8. The molecule has 0 aliphatic carbocycles. The standard InChI is InChI=1S/C23H14BrI2NO3S/c24-16-8-6-14(7-9-16)13-30-21-18(25)10-15(11-19(21)26)12-20-22(28)27(23(29)31-20)17-4-2-1-3-5-17/h1-12H,13H2/b20-12-. The van der Waals surface area contributed by atoms with Crippen molar-refractivity contribution in [1.82, 2.24) is 0 Å². The molecule has 8 heteroatoms. The van der Waals surface area contributed by atoms with Gasteiger partial charge in [-0.15, -0.1) is 0 Å². The molecule has 31 heavy (non-hydrogen) atoms. The number of ether oxygens (including phenoxy) is 1. The minimum absolute atomic E-state index is 0.290. The first kappa shape index (κ1) is 22.8. The number of carbonyl (C=O) groups is 2. The predicted octanol–water partition coefficient (Wildman–Crippen LogP) is 7.48. The van der Waals surface area contributed by atoms with Crippen LogP contribution in [0.5, 0.6) is 5.75 Å². The maximum atomic E-state index is 12.8. The molecule has 0 N–H and O–H groups in total. The molecule has 4 rings (SSSR count). The Morgan fingerprint density at radius 1 is 0.968 bits per heavy atom. The molecule has 1 fully saturated rings. The Hall–Kier alpha value is -1.37. The molecule has 156 valence electrons. The van der Waals surface area contributed by atoms with E-state index in [9.17, 15) is 9.59 Å². The van der Waals surface area contributed by atoms with Gasteiger partial charge in [0, 0.05) is 4.47 Å². The molecule has 0 saturated carbocycles. The van der Waals surface area contributed by atoms with Gasteiger partial charge in [-0.25, -0.2) is 4.90 Å². The number of halogens is 3. The van der Waals surface area contributed by atoms with Crippen molar-refractivity contribution >= 4 is 95.8 Å². The van der Waals surface area contributed by atoms with Crippen molar-refractivity contribution in [2.45, 2.75) is 6.61 Å². The summed E-state index contributed by atoms with van der Waals surface area (Å²) in [7, 11) is 0. The van der Waals surface area contributed by atoms with Crippen LogP contribution in [-0.2, 0) is 11.4 Å². The van der Waals surface area contributed by atoms with Gasteiger partial charge < -0.3 is 4.74 Å². The number of thioether (sulfide) groups is 1. The fourth-order valence-corrected chi connectivity index (χ4v) is 6.19. The summed E-state index contributed by atoms with van der Waals surface area (Å²) in [4.78, 5) is 26.9. The zero-order chi connectivity index (χ0) is 22.0. The molecule has 0 unspecified atom stereocenters. The second-order valence-corrected chi connectivity index (χ2v) is 10.8. The Bertz CT molecular complexity index is 1160. The number of imide groups is 1. The van der Waals surface area contributed by atoms with Crippen LogP contribution >= 0.6 is 72.9 Å². The molecule has 0 atom stereocenters. The van der Waals surface area contributed by atoms with Gasteiger partial charge in [0.05, 0.1) is 17.7 Å². The van der Waals surface area contributed by atoms with E-state index >= 15 is 0 Å². The average molecular weight is 718 g/mol. The third-order valence-electron chi connectivity index (χ3n) is 4.42. The summed E-state index contributed by atoms with van der Waals surface area (Å²) in [6, 6.07) is 20.9. The van der Waals surface area contributed by atoms with E-state index in [1.54, 1.807) is 30.3 Å². The molecule has 0 aromatic heterocycles. The van der Waals surface area contributed by atoms with Crippen LogP contribution in [0.3, 0.4) is 0 Å². The molecule has 0 radical (unpaired) electrons. The first-order valence-corrected chi connectivity index (χ1v) is 12.9. The number of hydrogen-bond donors (Lipinski definition) is 0. The average Bonchev–Trinajstić information content (AvgIpc) is 3.02. The van der Waals surface area contributed by atoms with E-state index in [0.29, 0.717) is 17.2 Å². The topological polar surface area (TPSA) is 46.6 Å². The third kappa shape index (κ3) is 5.35. The van der Waals surface area contributed by atoms with Crippen LogP contribution in [0.25, 0.3) is 6.08 Å². The van der Waals surface area contributed by atoms with Crippen LogP contribution in [0.2, 0.25) is 0 Å². The van der Waals surface area contributed by atoms with Crippen LogP contribution in [0.1, 0.15) is 11.1 Å². The van der Waals surface area contributed by atoms with Crippen molar-refractivity contribution in [3.8, 4) is 5.75 Å². The lowest BCUT2D eigenvalue weighted by Gasteiger charge is -2.12. The molecular weight excluding hydrogens is 704 g/mol. The van der Waals surface area contributed by atoms with Gasteiger partial charge in [0.1, 0.15) is 12.4 Å². The fraction of sp³-hybridized carbons (Fsp3) is 0.0435. The molecule has 1 saturated heterocycles. The monoisotopic (exact) mass is 717 g/mol. The number of benzene rings is 3. The Labute approximate surface area is 219 Å². The zero-order valence-electron chi connectivity index (χ0n) is 15.8. The molecule has 1 heterocycles. The van der Waals surface area contributed by atoms with Crippen molar-refractivity contribution in [1.29, 1.82) is 0 Å². The van der Waals surface area contributed by atoms with E-state index in [1.165, 1.54) is 4.90 Å². The number of rotatable bonds is 5. The maximum Gasteiger partial charge on any atom is 0.298 e. The minimum Gasteiger partial charge on any atom is -0.487 e. The molecule has 3 aromatic carbocycles. The SMILES string of the molecule is O=C1S/C(=C\c2cc(I)c(OCc3ccc(Br)cc3)c(I)c2)C(=O)N1c1ccccc1. The van der Waals surface area contributed by atoms with Crippen LogP contribution in [-0.4, -0.2) is 11.1 Å². The number of amides is 2. The highest BCUT2D eigenvalue weighted by atomic mass is 127. The van der Waals surface area contributed by atoms with Crippen molar-refractivity contribution < 1.29 is 14.3 Å². The number of nitrogens with zero attached hydrogens (tertiary/aromatic N) is 1. The first-order chi connectivity index (χ1) is 14.9. The summed E-state index contributed by atoms with van der Waals surface area (Å²) in [5, 5.41) is -0.290. The highest BCUT2D eigenvalue weighted by Crippen LogP contribution is 2.37. The molecule has 1 aliphatic rings. The fourth-order valence-electron chi connectivity index (χ4n) is 2.96. The largest absolute Gasteiger partial charge is 0.487 e. The number of para-hydroxylation sites is 1. The summed E-state index contributed by atoms with van der Waals surface area (Å²) in [5.41, 5.74) is 2.51. The number of anilines is 1. The lowest BCUT2D eigenvalue weighted by molar-refractivity contribution is -0.113. The van der Waals surface area contributed by atoms with Gasteiger partial charge in [0.15, 0.2) is 0 Å². The highest BCUT2D eigenvalue weighted by Gasteiger charge is 2.36. The van der Waals surface area contributed by atoms with E-state index in [2.05, 4.69) is 61.1 Å². The lowest BCUT2D eigenvalue weighted by atomic mass is 10.2. The first-order valence-electron chi connectivity index (χ1n) is 9.11. The van der Waals surface area contributed by atoms with E-state index in [0.717, 1.165) is 40.3 Å². The van der Waals surface area contributed by atoms with Crippen molar-refractivity contribution in [3.63, 3.8) is 0 Å². The molecule has 1 aliphatic heterocycles. The zero-order valence-corrected chi connectivity index (χ0v) is 22.6. The summed E-state index contributed by atoms with van der Waals surface area (Å²) in [5.74, 6) is 0.500. The van der Waals surface area contributed by atoms with Crippen LogP contribution < -0.4 is 9.64 Å². The Morgan fingerprint density at radius 2 is 1.61 bits per heavy atom. The van der Waals surface area contributed by atoms with E-state index in [4.69, 9.17) is 4.74 Å². The van der Waals surface area contributed by atoms with Crippen molar-refractivity contribution in [2.75, 3.05) is 4.90 Å². The summed E-state index contributed by atoms with van der Waals surface area (Å²) < 4.78 is 8.96. The van der Waals surface area contributed by atoms with E-state index in [-0.39, 0.29) is 11.1 Å². The summed E-state index contributed by atoms with van der Waals surface area (Å²) in [6.45, 7) is 0.467. The van der Waals surface area contributed by atoms with Gasteiger partial charge in [-0.1, -0.05) is 46.3 Å². The minimum atomic E-state index is -0.304. The van der Waals surface area contributed by atoms with Gasteiger partial charge in [-0.3, -0.25) is 9.59 Å². The second-order valence-electron chi connectivity index (χ2n) is 6.58. The molecule has 2 amide bonds. The number of hydrogen-bond acceptors (Lipinski definition) is 4. The predicted molar refractivity (Wildman–Crippen MR) is 145 cm³/mol. The lowest BCUT2D eigenvalue weighted by Crippen LogP contribution is -2.27. The quantitative estimate of drug-likeness (QED) is 0.203. The van der Waals surface area contributed by atoms with Gasteiger partial charge >= 0.3 is 0 Å². The Balaban J connectivity index is 1.54. The van der Waals surface area contributed by atoms with Crippen LogP contribution in [0.4, 0.5) is 10.5 Å². The van der Waals surface area contributed by atoms with E-state index in [1.807, 2.05) is 42.5 Å². The molecular formula is C23H14BrI2NO3S. The molecule has 4 nitrogen and oxygen atoms in total. The molecule has 0 bridgehead atoms. The summed E-state index contributed by atoms with van der Waals surface area (Å²) >= 11 is 8.86. The van der Waals surface area contributed by atoms with Crippen molar-refractivity contribution in [2.24, 2.45) is 0 Å². The highest BCUT2D eigenvalue weighted by molar-refractivity contribution is 14.1. The van der Waals surface area contributed by atoms with Crippen LogP contribution in [0, 0.1) is 7.14 Å². The van der Waals surface area contributed by atoms with E-state index < -0.39 is 0 Å². The molecule has 0 spiro atoms. The summed E-state index contributed by atoms with van der Waals surface area (Å²) in [6.07, 6.45) is 1.76. The number of carbonyl (C=O) groups excluding carboxylic acids is 2. The van der Waals surface area contributed by atoms with Gasteiger partial charge in [0.2, 0.25) is 0 Å². The second kappa shape index (κ2) is 10.1. The van der Waals surface area contributed by atoms with Gasteiger partial charge in [-0.05, 0) is 111 Å². The van der Waals surface area contributed by atoms with Gasteiger partial charge in [-0.2, -0.15) is 0 Å².